The molecule has 1 amide bonds. The van der Waals surface area contributed by atoms with Gasteiger partial charge in [-0.3, -0.25) is 14.2 Å². The van der Waals surface area contributed by atoms with Crippen LogP contribution in [0.1, 0.15) is 278 Å². The Morgan fingerprint density at radius 1 is 0.456 bits per heavy atom. The number of phosphoric acid groups is 1. The minimum absolute atomic E-state index is 0.0296. The number of unbranched alkanes of at least 4 members (excludes halogenated alkanes) is 28. The molecule has 0 aromatic carbocycles. The lowest BCUT2D eigenvalue weighted by molar-refractivity contribution is -0.870. The molecule has 0 radical (unpaired) electrons. The van der Waals surface area contributed by atoms with E-state index in [1.807, 2.05) is 33.3 Å². The highest BCUT2D eigenvalue weighted by Gasteiger charge is 2.27. The smallest absolute Gasteiger partial charge is 0.306 e. The van der Waals surface area contributed by atoms with Crippen molar-refractivity contribution in [1.29, 1.82) is 0 Å². The number of likely N-dealkylation sites (N-methyl/N-ethyl adjacent to an activating group) is 1. The standard InChI is InChI=1S/C69H123N2O7P/c1-7-10-13-16-19-22-25-27-29-31-32-33-34-35-36-37-38-40-42-44-47-50-53-56-59-62-69(73)78-67(60-57-54-51-48-45-24-21-18-15-12-9-3)66(65-77-79(74,75)76-64-63-71(4,5)6)70-68(72)61-58-55-52-49-46-43-41-39-30-28-26-23-20-17-14-11-8-2/h10,13,19,22,27-30,32-33,35-36,38,40,57,60,66-67H,7-9,11-12,14-18,20-21,23-26,31,34,37,39,41-56,58-59,61-65H2,1-6H3,(H-,70,72,74,75)/b13-10-,22-19-,29-27-,30-28+,33-32-,36-35-,40-38-,60-57-. The summed E-state index contributed by atoms with van der Waals surface area (Å²) in [5, 5.41) is 3.02. The Labute approximate surface area is 488 Å². The molecular formula is C69H123N2O7P. The van der Waals surface area contributed by atoms with Crippen LogP contribution in [-0.2, 0) is 27.9 Å². The van der Waals surface area contributed by atoms with Gasteiger partial charge in [-0.25, -0.2) is 0 Å². The van der Waals surface area contributed by atoms with Crippen molar-refractivity contribution in [1.82, 2.24) is 5.32 Å². The molecule has 0 bridgehead atoms. The van der Waals surface area contributed by atoms with Gasteiger partial charge < -0.3 is 28.5 Å². The normalized spacial score (nSPS) is 14.3. The van der Waals surface area contributed by atoms with Gasteiger partial charge in [-0.05, 0) is 109 Å². The lowest BCUT2D eigenvalue weighted by Crippen LogP contribution is -2.47. The molecule has 0 aliphatic heterocycles. The highest BCUT2D eigenvalue weighted by Crippen LogP contribution is 2.38. The van der Waals surface area contributed by atoms with E-state index in [0.29, 0.717) is 23.9 Å². The van der Waals surface area contributed by atoms with Crippen molar-refractivity contribution in [2.24, 2.45) is 0 Å². The van der Waals surface area contributed by atoms with Crippen molar-refractivity contribution < 1.29 is 37.3 Å². The molecule has 0 aliphatic carbocycles. The van der Waals surface area contributed by atoms with Gasteiger partial charge in [0.15, 0.2) is 0 Å². The van der Waals surface area contributed by atoms with Gasteiger partial charge >= 0.3 is 5.97 Å². The van der Waals surface area contributed by atoms with Gasteiger partial charge in [0, 0.05) is 12.8 Å². The lowest BCUT2D eigenvalue weighted by Gasteiger charge is -2.30. The molecule has 0 aliphatic rings. The second kappa shape index (κ2) is 58.1. The van der Waals surface area contributed by atoms with E-state index in [-0.39, 0.29) is 24.9 Å². The van der Waals surface area contributed by atoms with Gasteiger partial charge in [0.25, 0.3) is 7.82 Å². The molecule has 0 saturated heterocycles. The number of hydrogen-bond acceptors (Lipinski definition) is 7. The number of carbonyl (C=O) groups excluding carboxylic acids is 2. The predicted octanol–water partition coefficient (Wildman–Crippen LogP) is 19.7. The van der Waals surface area contributed by atoms with Crippen LogP contribution in [0.4, 0.5) is 0 Å². The number of quaternary nitrogens is 1. The first-order chi connectivity index (χ1) is 38.4. The maximum absolute atomic E-state index is 13.5. The summed E-state index contributed by atoms with van der Waals surface area (Å²) in [5.41, 5.74) is 0. The molecule has 0 fully saturated rings. The molecule has 0 aromatic rings. The Bertz CT molecular complexity index is 1670. The fraction of sp³-hybridized carbons (Fsp3) is 0.739. The van der Waals surface area contributed by atoms with Crippen LogP contribution >= 0.6 is 7.82 Å². The zero-order chi connectivity index (χ0) is 57.9. The van der Waals surface area contributed by atoms with E-state index in [2.05, 4.69) is 111 Å². The molecular weight excluding hydrogens is 1000 g/mol. The lowest BCUT2D eigenvalue weighted by atomic mass is 10.1. The number of nitrogens with one attached hydrogen (secondary N) is 1. The Hall–Kier alpha value is -3.07. The fourth-order valence-corrected chi connectivity index (χ4v) is 9.71. The second-order valence-electron chi connectivity index (χ2n) is 22.9. The van der Waals surface area contributed by atoms with E-state index >= 15 is 0 Å². The van der Waals surface area contributed by atoms with Crippen LogP contribution < -0.4 is 10.2 Å². The Balaban J connectivity index is 5.18. The molecule has 0 aromatic heterocycles. The van der Waals surface area contributed by atoms with Crippen molar-refractivity contribution in [3.05, 3.63) is 97.2 Å². The van der Waals surface area contributed by atoms with Crippen LogP contribution in [0.3, 0.4) is 0 Å². The Kier molecular flexibility index (Phi) is 55.9. The SMILES string of the molecule is CC/C=C\C/C=C\C/C=C\C/C=C\C/C=C\C/C=C\CCCCCCCCC(=O)OC(/C=C\CCCCCCCCCCC)C(COP(=O)([O-])OCC[N+](C)(C)C)NC(=O)CCCCCCCCC/C=C/CCCCCCCC. The van der Waals surface area contributed by atoms with Gasteiger partial charge in [0.2, 0.25) is 5.91 Å². The van der Waals surface area contributed by atoms with E-state index in [4.69, 9.17) is 13.8 Å². The van der Waals surface area contributed by atoms with Crippen LogP contribution in [0.2, 0.25) is 0 Å². The number of hydrogen-bond donors (Lipinski definition) is 1. The fourth-order valence-electron chi connectivity index (χ4n) is 8.99. The van der Waals surface area contributed by atoms with E-state index in [1.54, 1.807) is 0 Å². The first-order valence-electron chi connectivity index (χ1n) is 32.5. The summed E-state index contributed by atoms with van der Waals surface area (Å²) in [6, 6.07) is -0.902. The number of ether oxygens (including phenoxy) is 1. The average Bonchev–Trinajstić information content (AvgIpc) is 3.41. The first-order valence-corrected chi connectivity index (χ1v) is 34.0. The van der Waals surface area contributed by atoms with Crippen LogP contribution in [0.15, 0.2) is 97.2 Å². The molecule has 9 nitrogen and oxygen atoms in total. The number of carbonyl (C=O) groups is 2. The van der Waals surface area contributed by atoms with Crippen molar-refractivity contribution in [3.63, 3.8) is 0 Å². The summed E-state index contributed by atoms with van der Waals surface area (Å²) in [6.45, 7) is 6.71. The molecule has 0 rings (SSSR count). The van der Waals surface area contributed by atoms with Crippen molar-refractivity contribution in [3.8, 4) is 0 Å². The molecule has 0 spiro atoms. The third kappa shape index (κ3) is 59.4. The number of rotatable bonds is 58. The summed E-state index contributed by atoms with van der Waals surface area (Å²) in [6.07, 6.45) is 78.0. The monoisotopic (exact) mass is 1120 g/mol. The van der Waals surface area contributed by atoms with E-state index in [1.165, 1.54) is 109 Å². The van der Waals surface area contributed by atoms with Crippen LogP contribution in [0.5, 0.6) is 0 Å². The van der Waals surface area contributed by atoms with Gasteiger partial charge in [-0.15, -0.1) is 0 Å². The summed E-state index contributed by atoms with van der Waals surface area (Å²) >= 11 is 0. The number of esters is 1. The molecule has 3 unspecified atom stereocenters. The van der Waals surface area contributed by atoms with Gasteiger partial charge in [-0.2, -0.15) is 0 Å². The number of amides is 1. The molecule has 3 atom stereocenters. The van der Waals surface area contributed by atoms with Crippen LogP contribution in [-0.4, -0.2) is 69.4 Å². The number of nitrogens with zero attached hydrogens (tertiary/aromatic N) is 1. The number of phosphoric ester groups is 1. The van der Waals surface area contributed by atoms with E-state index < -0.39 is 26.6 Å². The molecule has 10 heteroatoms. The van der Waals surface area contributed by atoms with Crippen molar-refractivity contribution in [2.75, 3.05) is 40.9 Å². The predicted molar refractivity (Wildman–Crippen MR) is 339 cm³/mol. The maximum Gasteiger partial charge on any atom is 0.306 e. The van der Waals surface area contributed by atoms with E-state index in [0.717, 1.165) is 128 Å². The molecule has 456 valence electrons. The minimum atomic E-state index is -4.71. The molecule has 1 N–H and O–H groups in total. The largest absolute Gasteiger partial charge is 0.756 e. The Morgan fingerprint density at radius 2 is 0.810 bits per heavy atom. The zero-order valence-corrected chi connectivity index (χ0v) is 52.9. The number of allylic oxidation sites excluding steroid dienone is 15. The van der Waals surface area contributed by atoms with Gasteiger partial charge in [0.05, 0.1) is 33.8 Å². The highest BCUT2D eigenvalue weighted by molar-refractivity contribution is 7.45. The Morgan fingerprint density at radius 3 is 1.23 bits per heavy atom. The zero-order valence-electron chi connectivity index (χ0n) is 52.1. The van der Waals surface area contributed by atoms with Crippen LogP contribution in [0, 0.1) is 0 Å². The van der Waals surface area contributed by atoms with Crippen LogP contribution in [0.25, 0.3) is 0 Å². The van der Waals surface area contributed by atoms with Gasteiger partial charge in [0.1, 0.15) is 19.3 Å². The van der Waals surface area contributed by atoms with Gasteiger partial charge in [-0.1, -0.05) is 253 Å². The molecule has 0 heterocycles. The second-order valence-corrected chi connectivity index (χ2v) is 24.3. The van der Waals surface area contributed by atoms with Crippen molar-refractivity contribution in [2.45, 2.75) is 290 Å². The van der Waals surface area contributed by atoms with E-state index in [9.17, 15) is 19.0 Å². The summed E-state index contributed by atoms with van der Waals surface area (Å²) in [5.74, 6) is -0.564. The molecule has 79 heavy (non-hydrogen) atoms. The average molecular weight is 1120 g/mol. The summed E-state index contributed by atoms with van der Waals surface area (Å²) in [7, 11) is 1.16. The van der Waals surface area contributed by atoms with Crippen molar-refractivity contribution >= 4 is 19.7 Å². The third-order valence-corrected chi connectivity index (χ3v) is 15.0. The quantitative estimate of drug-likeness (QED) is 0.0212. The first kappa shape index (κ1) is 75.9. The maximum atomic E-state index is 13.5. The minimum Gasteiger partial charge on any atom is -0.756 e. The topological polar surface area (TPSA) is 114 Å². The molecule has 0 saturated carbocycles. The summed E-state index contributed by atoms with van der Waals surface area (Å²) < 4.78 is 30.3. The third-order valence-electron chi connectivity index (χ3n) is 14.0. The summed E-state index contributed by atoms with van der Waals surface area (Å²) in [4.78, 5) is 40.0. The highest BCUT2D eigenvalue weighted by atomic mass is 31.2.